The van der Waals surface area contributed by atoms with Gasteiger partial charge >= 0.3 is 0 Å². The molecule has 0 amide bonds. The van der Waals surface area contributed by atoms with E-state index < -0.39 is 0 Å². The smallest absolute Gasteiger partial charge is 0.163 e. The van der Waals surface area contributed by atoms with Gasteiger partial charge in [0.1, 0.15) is 5.75 Å². The molecule has 0 unspecified atom stereocenters. The molecule has 4 nitrogen and oxygen atoms in total. The molecule has 0 radical (unpaired) electrons. The van der Waals surface area contributed by atoms with Crippen molar-refractivity contribution in [3.63, 3.8) is 0 Å². The first-order valence-electron chi connectivity index (χ1n) is 10.4. The molecule has 2 N–H and O–H groups in total. The summed E-state index contributed by atoms with van der Waals surface area (Å²) in [5.41, 5.74) is 6.03. The lowest BCUT2D eigenvalue weighted by atomic mass is 9.78. The van der Waals surface area contributed by atoms with Crippen LogP contribution in [-0.2, 0) is 4.79 Å². The summed E-state index contributed by atoms with van der Waals surface area (Å²) >= 11 is 3.69. The van der Waals surface area contributed by atoms with Gasteiger partial charge in [0.25, 0.3) is 0 Å². The normalized spacial score (nSPS) is 20.1. The molecule has 0 saturated carbocycles. The third-order valence-corrected chi connectivity index (χ3v) is 6.83. The SMILES string of the molecule is COc1ccc([C@H]2CC(=O)C3=C(C2)Nc2ccccc2N[C@H]3c2ccccc2Br)cc1. The summed E-state index contributed by atoms with van der Waals surface area (Å²) in [6.07, 6.45) is 1.27. The zero-order valence-corrected chi connectivity index (χ0v) is 18.8. The second kappa shape index (κ2) is 8.23. The maximum Gasteiger partial charge on any atom is 0.163 e. The number of para-hydroxylation sites is 2. The molecule has 2 atom stereocenters. The second-order valence-electron chi connectivity index (χ2n) is 7.96. The maximum atomic E-state index is 13.6. The number of anilines is 2. The van der Waals surface area contributed by atoms with Crippen LogP contribution in [0, 0.1) is 0 Å². The van der Waals surface area contributed by atoms with E-state index in [1.807, 2.05) is 42.5 Å². The summed E-state index contributed by atoms with van der Waals surface area (Å²) in [6, 6.07) is 24.1. The van der Waals surface area contributed by atoms with Gasteiger partial charge in [-0.05, 0) is 53.8 Å². The number of ether oxygens (including phenoxy) is 1. The fraction of sp³-hybridized carbons (Fsp3) is 0.192. The van der Waals surface area contributed by atoms with Crippen LogP contribution >= 0.6 is 15.9 Å². The van der Waals surface area contributed by atoms with Crippen molar-refractivity contribution in [2.45, 2.75) is 24.8 Å². The Hall–Kier alpha value is -3.05. The molecule has 5 rings (SSSR count). The van der Waals surface area contributed by atoms with Gasteiger partial charge in [-0.3, -0.25) is 4.79 Å². The topological polar surface area (TPSA) is 50.4 Å². The molecule has 0 fully saturated rings. The van der Waals surface area contributed by atoms with Gasteiger partial charge in [-0.25, -0.2) is 0 Å². The largest absolute Gasteiger partial charge is 0.497 e. The lowest BCUT2D eigenvalue weighted by molar-refractivity contribution is -0.116. The highest BCUT2D eigenvalue weighted by Gasteiger charge is 2.36. The van der Waals surface area contributed by atoms with Gasteiger partial charge in [-0.15, -0.1) is 0 Å². The molecule has 3 aromatic carbocycles. The van der Waals surface area contributed by atoms with Crippen LogP contribution < -0.4 is 15.4 Å². The zero-order valence-electron chi connectivity index (χ0n) is 17.2. The quantitative estimate of drug-likeness (QED) is 0.458. The van der Waals surface area contributed by atoms with Gasteiger partial charge < -0.3 is 15.4 Å². The molecule has 3 aromatic rings. The molecular formula is C26H23BrN2O2. The van der Waals surface area contributed by atoms with E-state index in [-0.39, 0.29) is 17.7 Å². The number of halogens is 1. The van der Waals surface area contributed by atoms with Crippen LogP contribution in [0.15, 0.2) is 88.5 Å². The van der Waals surface area contributed by atoms with E-state index in [0.717, 1.165) is 50.4 Å². The Labute approximate surface area is 190 Å². The predicted molar refractivity (Wildman–Crippen MR) is 128 cm³/mol. The van der Waals surface area contributed by atoms with Crippen LogP contribution in [0.4, 0.5) is 11.4 Å². The zero-order chi connectivity index (χ0) is 21.4. The number of ketones is 1. The predicted octanol–water partition coefficient (Wildman–Crippen LogP) is 6.44. The maximum absolute atomic E-state index is 13.6. The van der Waals surface area contributed by atoms with E-state index in [4.69, 9.17) is 4.74 Å². The minimum absolute atomic E-state index is 0.134. The lowest BCUT2D eigenvalue weighted by Gasteiger charge is -2.30. The van der Waals surface area contributed by atoms with Crippen molar-refractivity contribution in [3.8, 4) is 5.75 Å². The van der Waals surface area contributed by atoms with E-state index >= 15 is 0 Å². The molecule has 0 spiro atoms. The molecule has 2 aliphatic rings. The van der Waals surface area contributed by atoms with E-state index in [1.165, 1.54) is 0 Å². The summed E-state index contributed by atoms with van der Waals surface area (Å²) < 4.78 is 6.28. The van der Waals surface area contributed by atoms with E-state index in [0.29, 0.717) is 6.42 Å². The number of nitrogens with one attached hydrogen (secondary N) is 2. The first kappa shape index (κ1) is 19.9. The molecule has 0 saturated heterocycles. The van der Waals surface area contributed by atoms with Crippen molar-refractivity contribution in [2.75, 3.05) is 17.7 Å². The van der Waals surface area contributed by atoms with Crippen LogP contribution in [0.5, 0.6) is 5.75 Å². The number of carbonyl (C=O) groups is 1. The summed E-state index contributed by atoms with van der Waals surface area (Å²) in [5.74, 6) is 1.14. The van der Waals surface area contributed by atoms with Crippen molar-refractivity contribution in [2.24, 2.45) is 0 Å². The Morgan fingerprint density at radius 2 is 1.61 bits per heavy atom. The fourth-order valence-electron chi connectivity index (χ4n) is 4.55. The highest BCUT2D eigenvalue weighted by atomic mass is 79.9. The number of hydrogen-bond acceptors (Lipinski definition) is 4. The van der Waals surface area contributed by atoms with E-state index in [1.54, 1.807) is 7.11 Å². The number of rotatable bonds is 3. The van der Waals surface area contributed by atoms with Gasteiger partial charge in [0.2, 0.25) is 0 Å². The summed E-state index contributed by atoms with van der Waals surface area (Å²) in [4.78, 5) is 13.6. The third-order valence-electron chi connectivity index (χ3n) is 6.11. The Bertz CT molecular complexity index is 1170. The van der Waals surface area contributed by atoms with E-state index in [9.17, 15) is 4.79 Å². The first-order chi connectivity index (χ1) is 15.1. The van der Waals surface area contributed by atoms with Crippen molar-refractivity contribution in [1.29, 1.82) is 0 Å². The fourth-order valence-corrected chi connectivity index (χ4v) is 5.06. The molecule has 1 aliphatic carbocycles. The van der Waals surface area contributed by atoms with Crippen molar-refractivity contribution in [1.82, 2.24) is 0 Å². The summed E-state index contributed by atoms with van der Waals surface area (Å²) in [5, 5.41) is 7.22. The van der Waals surface area contributed by atoms with Crippen LogP contribution in [0.25, 0.3) is 0 Å². The number of fused-ring (bicyclic) bond motifs is 1. The molecule has 5 heteroatoms. The number of carbonyl (C=O) groups excluding carboxylic acids is 1. The van der Waals surface area contributed by atoms with Crippen LogP contribution in [0.1, 0.15) is 35.9 Å². The monoisotopic (exact) mass is 474 g/mol. The standard InChI is InChI=1S/C26H23BrN2O2/c1-31-18-12-10-16(11-13-18)17-14-23-25(24(30)15-17)26(19-6-2-3-7-20(19)27)29-22-9-5-4-8-21(22)28-23/h2-13,17,26,28-29H,14-15H2,1H3/t17-,26+/m1/s1. The number of hydrogen-bond donors (Lipinski definition) is 2. The van der Waals surface area contributed by atoms with Gasteiger partial charge in [0, 0.05) is 22.2 Å². The summed E-state index contributed by atoms with van der Waals surface area (Å²) in [6.45, 7) is 0. The Morgan fingerprint density at radius 1 is 0.903 bits per heavy atom. The number of benzene rings is 3. The number of methoxy groups -OCH3 is 1. The number of allylic oxidation sites excluding steroid dienone is 1. The van der Waals surface area contributed by atoms with Gasteiger partial charge in [0.15, 0.2) is 5.78 Å². The van der Waals surface area contributed by atoms with Crippen molar-refractivity contribution in [3.05, 3.63) is 99.7 Å². The molecule has 31 heavy (non-hydrogen) atoms. The average Bonchev–Trinajstić information content (AvgIpc) is 2.96. The Balaban J connectivity index is 1.59. The minimum Gasteiger partial charge on any atom is -0.497 e. The molecule has 0 aromatic heterocycles. The highest BCUT2D eigenvalue weighted by Crippen LogP contribution is 2.45. The summed E-state index contributed by atoms with van der Waals surface area (Å²) in [7, 11) is 1.66. The van der Waals surface area contributed by atoms with Crippen LogP contribution in [0.3, 0.4) is 0 Å². The van der Waals surface area contributed by atoms with Gasteiger partial charge in [-0.1, -0.05) is 58.4 Å². The van der Waals surface area contributed by atoms with Crippen molar-refractivity contribution < 1.29 is 9.53 Å². The molecule has 1 aliphatic heterocycles. The van der Waals surface area contributed by atoms with E-state index in [2.05, 4.69) is 56.9 Å². The van der Waals surface area contributed by atoms with Gasteiger partial charge in [-0.2, -0.15) is 0 Å². The van der Waals surface area contributed by atoms with Crippen LogP contribution in [-0.4, -0.2) is 12.9 Å². The average molecular weight is 475 g/mol. The van der Waals surface area contributed by atoms with Gasteiger partial charge in [0.05, 0.1) is 24.5 Å². The molecule has 156 valence electrons. The Kier molecular flexibility index (Phi) is 5.28. The Morgan fingerprint density at radius 3 is 2.35 bits per heavy atom. The minimum atomic E-state index is -0.217. The van der Waals surface area contributed by atoms with Crippen LogP contribution in [0.2, 0.25) is 0 Å². The highest BCUT2D eigenvalue weighted by molar-refractivity contribution is 9.10. The molecular weight excluding hydrogens is 452 g/mol. The number of Topliss-reactive ketones (excluding diaryl/α,β-unsaturated/α-hetero) is 1. The lowest BCUT2D eigenvalue weighted by Crippen LogP contribution is -2.27. The van der Waals surface area contributed by atoms with Crippen molar-refractivity contribution >= 4 is 33.1 Å². The third kappa shape index (κ3) is 3.74. The molecule has 0 bridgehead atoms. The molecule has 1 heterocycles. The first-order valence-corrected chi connectivity index (χ1v) is 11.2. The second-order valence-corrected chi connectivity index (χ2v) is 8.82.